The molecule has 0 aliphatic heterocycles. The lowest BCUT2D eigenvalue weighted by Crippen LogP contribution is -2.24. The maximum absolute atomic E-state index is 13.3. The Morgan fingerprint density at radius 2 is 1.46 bits per heavy atom. The van der Waals surface area contributed by atoms with Gasteiger partial charge in [0.25, 0.3) is 0 Å². The molecule has 2 bridgehead atoms. The highest BCUT2D eigenvalue weighted by Crippen LogP contribution is 2.59. The summed E-state index contributed by atoms with van der Waals surface area (Å²) >= 11 is 12.3. The Balaban J connectivity index is 1.58. The molecule has 144 valence electrons. The van der Waals surface area contributed by atoms with Crippen molar-refractivity contribution in [2.24, 2.45) is 23.7 Å². The molecule has 28 heavy (non-hydrogen) atoms. The van der Waals surface area contributed by atoms with E-state index < -0.39 is 5.92 Å². The number of fused-ring (bicyclic) bond motifs is 5. The van der Waals surface area contributed by atoms with Crippen LogP contribution in [0.2, 0.25) is 10.0 Å². The molecule has 3 aliphatic rings. The minimum atomic E-state index is -0.587. The fourth-order valence-electron chi connectivity index (χ4n) is 5.98. The number of aryl methyl sites for hydroxylation is 1. The van der Waals surface area contributed by atoms with Gasteiger partial charge < -0.3 is 0 Å². The lowest BCUT2D eigenvalue weighted by molar-refractivity contribution is -0.125. The first-order valence-electron chi connectivity index (χ1n) is 10.1. The van der Waals surface area contributed by atoms with Crippen molar-refractivity contribution in [3.63, 3.8) is 0 Å². The van der Waals surface area contributed by atoms with E-state index in [2.05, 4.69) is 13.0 Å². The number of Topliss-reactive ketones (excluding diaryl/α,β-unsaturated/α-hetero) is 2. The SMILES string of the molecule is CCc1ccc(-c2ccc(Cl)c(Cl)c2)cc1C1C(=O)[C@@H]2[C@@H]3CC[C@@H](C3)[C@@H]2C1=O. The largest absolute Gasteiger partial charge is 0.298 e. The number of rotatable bonds is 3. The highest BCUT2D eigenvalue weighted by atomic mass is 35.5. The fourth-order valence-corrected chi connectivity index (χ4v) is 6.28. The summed E-state index contributed by atoms with van der Waals surface area (Å²) in [6.45, 7) is 2.08. The van der Waals surface area contributed by atoms with Gasteiger partial charge >= 0.3 is 0 Å². The number of halogens is 2. The van der Waals surface area contributed by atoms with Gasteiger partial charge in [-0.05, 0) is 78.0 Å². The number of hydrogen-bond acceptors (Lipinski definition) is 2. The minimum Gasteiger partial charge on any atom is -0.298 e. The van der Waals surface area contributed by atoms with E-state index in [0.29, 0.717) is 21.9 Å². The van der Waals surface area contributed by atoms with Crippen molar-refractivity contribution in [3.8, 4) is 11.1 Å². The number of carbonyl (C=O) groups excluding carboxylic acids is 2. The lowest BCUT2D eigenvalue weighted by Gasteiger charge is -2.21. The van der Waals surface area contributed by atoms with Crippen molar-refractivity contribution < 1.29 is 9.59 Å². The van der Waals surface area contributed by atoms with Gasteiger partial charge in [-0.15, -0.1) is 0 Å². The van der Waals surface area contributed by atoms with Gasteiger partial charge in [0.2, 0.25) is 0 Å². The monoisotopic (exact) mass is 412 g/mol. The molecule has 5 rings (SSSR count). The second-order valence-electron chi connectivity index (χ2n) is 8.52. The Morgan fingerprint density at radius 3 is 2.07 bits per heavy atom. The summed E-state index contributed by atoms with van der Waals surface area (Å²) in [5.41, 5.74) is 3.89. The first kappa shape index (κ1) is 18.4. The van der Waals surface area contributed by atoms with Gasteiger partial charge in [-0.1, -0.05) is 48.3 Å². The number of ketones is 2. The van der Waals surface area contributed by atoms with Crippen LogP contribution in [-0.2, 0) is 16.0 Å². The van der Waals surface area contributed by atoms with Crippen molar-refractivity contribution in [1.82, 2.24) is 0 Å². The predicted octanol–water partition coefficient (Wildman–Crippen LogP) is 6.12. The van der Waals surface area contributed by atoms with Gasteiger partial charge in [-0.25, -0.2) is 0 Å². The van der Waals surface area contributed by atoms with Crippen LogP contribution in [0.5, 0.6) is 0 Å². The van der Waals surface area contributed by atoms with Gasteiger partial charge in [0, 0.05) is 11.8 Å². The van der Waals surface area contributed by atoms with Crippen LogP contribution in [0.4, 0.5) is 0 Å². The molecule has 3 aliphatic carbocycles. The molecule has 2 aromatic carbocycles. The summed E-state index contributed by atoms with van der Waals surface area (Å²) in [5.74, 6) is 0.547. The zero-order valence-electron chi connectivity index (χ0n) is 15.8. The van der Waals surface area contributed by atoms with Gasteiger partial charge in [0.15, 0.2) is 11.6 Å². The predicted molar refractivity (Wildman–Crippen MR) is 112 cm³/mol. The molecular weight excluding hydrogens is 391 g/mol. The Kier molecular flexibility index (Phi) is 4.41. The summed E-state index contributed by atoms with van der Waals surface area (Å²) in [5, 5.41) is 1.01. The maximum atomic E-state index is 13.3. The summed E-state index contributed by atoms with van der Waals surface area (Å²) < 4.78 is 0. The van der Waals surface area contributed by atoms with E-state index in [-0.39, 0.29) is 23.4 Å². The van der Waals surface area contributed by atoms with Gasteiger partial charge in [0.1, 0.15) is 5.92 Å². The summed E-state index contributed by atoms with van der Waals surface area (Å²) in [4.78, 5) is 26.7. The third-order valence-electron chi connectivity index (χ3n) is 7.23. The molecule has 0 saturated heterocycles. The van der Waals surface area contributed by atoms with Gasteiger partial charge in [-0.3, -0.25) is 9.59 Å². The topological polar surface area (TPSA) is 34.1 Å². The molecule has 3 saturated carbocycles. The van der Waals surface area contributed by atoms with E-state index in [0.717, 1.165) is 47.9 Å². The van der Waals surface area contributed by atoms with Crippen LogP contribution in [0.3, 0.4) is 0 Å². The highest BCUT2D eigenvalue weighted by Gasteiger charge is 2.61. The van der Waals surface area contributed by atoms with Crippen LogP contribution in [0, 0.1) is 23.7 Å². The van der Waals surface area contributed by atoms with E-state index >= 15 is 0 Å². The van der Waals surface area contributed by atoms with Crippen LogP contribution in [0.25, 0.3) is 11.1 Å². The van der Waals surface area contributed by atoms with E-state index in [1.165, 1.54) is 0 Å². The molecule has 0 heterocycles. The second kappa shape index (κ2) is 6.71. The molecule has 0 amide bonds. The van der Waals surface area contributed by atoms with Crippen molar-refractivity contribution >= 4 is 34.8 Å². The Bertz CT molecular complexity index is 968. The number of hydrogen-bond donors (Lipinski definition) is 0. The highest BCUT2D eigenvalue weighted by molar-refractivity contribution is 6.42. The standard InChI is InChI=1S/C24H22Cl2O2/c1-2-12-3-4-13(14-7-8-18(25)19(26)11-14)10-17(12)22-23(27)20-15-5-6-16(9-15)21(20)24(22)28/h3-4,7-8,10-11,15-16,20-22H,2,5-6,9H2,1H3/t15-,16+,20-,21+,22?. The smallest absolute Gasteiger partial charge is 0.151 e. The Labute approximate surface area is 175 Å². The van der Waals surface area contributed by atoms with Crippen LogP contribution in [0.15, 0.2) is 36.4 Å². The van der Waals surface area contributed by atoms with Crippen LogP contribution >= 0.6 is 23.2 Å². The van der Waals surface area contributed by atoms with Crippen molar-refractivity contribution in [2.75, 3.05) is 0 Å². The molecule has 3 fully saturated rings. The minimum absolute atomic E-state index is 0.0328. The van der Waals surface area contributed by atoms with E-state index in [1.54, 1.807) is 6.07 Å². The van der Waals surface area contributed by atoms with Crippen LogP contribution in [-0.4, -0.2) is 11.6 Å². The lowest BCUT2D eigenvalue weighted by atomic mass is 9.81. The number of carbonyl (C=O) groups is 2. The molecular formula is C24H22Cl2O2. The molecule has 0 radical (unpaired) electrons. The Hall–Kier alpha value is -1.64. The van der Waals surface area contributed by atoms with Crippen molar-refractivity contribution in [3.05, 3.63) is 57.6 Å². The molecule has 0 spiro atoms. The van der Waals surface area contributed by atoms with Gasteiger partial charge in [0.05, 0.1) is 10.0 Å². The normalized spacial score (nSPS) is 30.9. The van der Waals surface area contributed by atoms with Crippen LogP contribution in [0.1, 0.15) is 43.2 Å². The second-order valence-corrected chi connectivity index (χ2v) is 9.33. The van der Waals surface area contributed by atoms with E-state index in [9.17, 15) is 9.59 Å². The third-order valence-corrected chi connectivity index (χ3v) is 7.97. The number of benzene rings is 2. The first-order chi connectivity index (χ1) is 13.5. The van der Waals surface area contributed by atoms with E-state index in [1.807, 2.05) is 24.3 Å². The van der Waals surface area contributed by atoms with Crippen molar-refractivity contribution in [2.45, 2.75) is 38.5 Å². The zero-order chi connectivity index (χ0) is 19.6. The zero-order valence-corrected chi connectivity index (χ0v) is 17.3. The van der Waals surface area contributed by atoms with E-state index in [4.69, 9.17) is 23.2 Å². The molecule has 2 nitrogen and oxygen atoms in total. The maximum Gasteiger partial charge on any atom is 0.151 e. The van der Waals surface area contributed by atoms with Crippen LogP contribution < -0.4 is 0 Å². The molecule has 0 N–H and O–H groups in total. The molecule has 0 aromatic heterocycles. The summed E-state index contributed by atoms with van der Waals surface area (Å²) in [6, 6.07) is 11.7. The average molecular weight is 413 g/mol. The fraction of sp³-hybridized carbons (Fsp3) is 0.417. The third kappa shape index (κ3) is 2.61. The molecule has 1 unspecified atom stereocenters. The van der Waals surface area contributed by atoms with Gasteiger partial charge in [-0.2, -0.15) is 0 Å². The molecule has 2 aromatic rings. The van der Waals surface area contributed by atoms with Crippen molar-refractivity contribution in [1.29, 1.82) is 0 Å². The molecule has 4 heteroatoms. The summed E-state index contributed by atoms with van der Waals surface area (Å²) in [7, 11) is 0. The Morgan fingerprint density at radius 1 is 0.857 bits per heavy atom. The average Bonchev–Trinajstić information content (AvgIpc) is 3.37. The first-order valence-corrected chi connectivity index (χ1v) is 10.9. The summed E-state index contributed by atoms with van der Waals surface area (Å²) in [6.07, 6.45) is 4.10. The molecule has 5 atom stereocenters. The quantitative estimate of drug-likeness (QED) is 0.568.